The Kier molecular flexibility index (Phi) is 4.89. The van der Waals surface area contributed by atoms with E-state index in [-0.39, 0.29) is 5.97 Å². The SMILES string of the molecule is COC(=O)CC[C@H](C)[C@@H]1CC[C@@H]2[C@@H]3CC[C@@H]4C[C@@]5(CC[C@]4(C)[C@@H]3CC[C@@]21C)CO5. The highest BCUT2D eigenvalue weighted by molar-refractivity contribution is 5.69. The van der Waals surface area contributed by atoms with Crippen molar-refractivity contribution < 1.29 is 14.3 Å². The molecule has 9 atom stereocenters. The molecule has 0 aromatic heterocycles. The standard InChI is InChI=1S/C26H42O3/c1-17(5-10-23(27)28-4)20-8-9-21-19-7-6-18-15-26(16-29-26)14-13-24(18,2)22(19)11-12-25(20,21)3/h17-22H,5-16H2,1-4H3/t17-,18+,19-,20-,21+,22+,24-,25+,26-/m0/s1. The molecule has 5 rings (SSSR count). The highest BCUT2D eigenvalue weighted by atomic mass is 16.6. The largest absolute Gasteiger partial charge is 0.469 e. The van der Waals surface area contributed by atoms with Crippen molar-refractivity contribution in [2.24, 2.45) is 46.3 Å². The number of esters is 1. The van der Waals surface area contributed by atoms with Crippen LogP contribution in [-0.2, 0) is 14.3 Å². The molecule has 4 saturated carbocycles. The Hall–Kier alpha value is -0.570. The monoisotopic (exact) mass is 402 g/mol. The molecule has 0 N–H and O–H groups in total. The second-order valence-corrected chi connectivity index (χ2v) is 12.2. The summed E-state index contributed by atoms with van der Waals surface area (Å²) in [4.78, 5) is 11.7. The minimum Gasteiger partial charge on any atom is -0.469 e. The van der Waals surface area contributed by atoms with Crippen molar-refractivity contribution in [1.29, 1.82) is 0 Å². The van der Waals surface area contributed by atoms with Gasteiger partial charge in [-0.3, -0.25) is 4.79 Å². The smallest absolute Gasteiger partial charge is 0.305 e. The van der Waals surface area contributed by atoms with Gasteiger partial charge in [0.15, 0.2) is 0 Å². The second kappa shape index (κ2) is 6.97. The molecule has 1 aliphatic heterocycles. The fraction of sp³-hybridized carbons (Fsp3) is 0.962. The third kappa shape index (κ3) is 3.12. The molecule has 5 aliphatic rings. The molecule has 0 bridgehead atoms. The molecule has 5 fully saturated rings. The van der Waals surface area contributed by atoms with Crippen molar-refractivity contribution in [3.63, 3.8) is 0 Å². The van der Waals surface area contributed by atoms with Crippen LogP contribution in [0.4, 0.5) is 0 Å². The van der Waals surface area contributed by atoms with E-state index in [9.17, 15) is 4.79 Å². The van der Waals surface area contributed by atoms with Gasteiger partial charge in [-0.05, 0) is 111 Å². The van der Waals surface area contributed by atoms with Gasteiger partial charge in [0.1, 0.15) is 0 Å². The number of fused-ring (bicyclic) bond motifs is 5. The van der Waals surface area contributed by atoms with Gasteiger partial charge in [-0.2, -0.15) is 0 Å². The van der Waals surface area contributed by atoms with Gasteiger partial charge in [0.2, 0.25) is 0 Å². The molecule has 1 saturated heterocycles. The van der Waals surface area contributed by atoms with E-state index in [4.69, 9.17) is 9.47 Å². The van der Waals surface area contributed by atoms with Gasteiger partial charge in [-0.15, -0.1) is 0 Å². The topological polar surface area (TPSA) is 38.8 Å². The van der Waals surface area contributed by atoms with E-state index in [1.807, 2.05) is 0 Å². The number of hydrogen-bond acceptors (Lipinski definition) is 3. The maximum Gasteiger partial charge on any atom is 0.305 e. The summed E-state index contributed by atoms with van der Waals surface area (Å²) in [6.45, 7) is 8.74. The van der Waals surface area contributed by atoms with Gasteiger partial charge in [-0.25, -0.2) is 0 Å². The average Bonchev–Trinajstić information content (AvgIpc) is 3.37. The molecule has 164 valence electrons. The Bertz CT molecular complexity index is 654. The summed E-state index contributed by atoms with van der Waals surface area (Å²) in [7, 11) is 1.51. The zero-order valence-corrected chi connectivity index (χ0v) is 19.2. The average molecular weight is 403 g/mol. The Morgan fingerprint density at radius 2 is 1.79 bits per heavy atom. The van der Waals surface area contributed by atoms with Crippen LogP contribution in [0.25, 0.3) is 0 Å². The third-order valence-corrected chi connectivity index (χ3v) is 11.1. The van der Waals surface area contributed by atoms with Crippen molar-refractivity contribution in [1.82, 2.24) is 0 Å². The number of hydrogen-bond donors (Lipinski definition) is 0. The first-order valence-electron chi connectivity index (χ1n) is 12.5. The molecule has 3 nitrogen and oxygen atoms in total. The van der Waals surface area contributed by atoms with Crippen molar-refractivity contribution >= 4 is 5.97 Å². The Morgan fingerprint density at radius 1 is 1.03 bits per heavy atom. The highest BCUT2D eigenvalue weighted by Crippen LogP contribution is 2.69. The predicted molar refractivity (Wildman–Crippen MR) is 114 cm³/mol. The zero-order chi connectivity index (χ0) is 20.4. The summed E-state index contributed by atoms with van der Waals surface area (Å²) < 4.78 is 10.8. The minimum atomic E-state index is -0.0405. The molecule has 3 heteroatoms. The number of methoxy groups -OCH3 is 1. The van der Waals surface area contributed by atoms with Crippen molar-refractivity contribution in [2.45, 2.75) is 97.0 Å². The van der Waals surface area contributed by atoms with Crippen molar-refractivity contribution in [3.8, 4) is 0 Å². The number of rotatable bonds is 4. The van der Waals surface area contributed by atoms with Crippen LogP contribution < -0.4 is 0 Å². The van der Waals surface area contributed by atoms with E-state index in [1.165, 1.54) is 64.9 Å². The Balaban J connectivity index is 1.30. The molecule has 0 amide bonds. The molecule has 0 aromatic carbocycles. The van der Waals surface area contributed by atoms with Crippen LogP contribution in [0.1, 0.15) is 91.4 Å². The quantitative estimate of drug-likeness (QED) is 0.427. The van der Waals surface area contributed by atoms with Gasteiger partial charge in [0, 0.05) is 6.42 Å². The summed E-state index contributed by atoms with van der Waals surface area (Å²) in [5, 5.41) is 0. The molecule has 0 radical (unpaired) electrons. The van der Waals surface area contributed by atoms with E-state index in [0.717, 1.165) is 42.6 Å². The normalized spacial score (nSPS) is 51.7. The van der Waals surface area contributed by atoms with Gasteiger partial charge in [0.05, 0.1) is 19.3 Å². The lowest BCUT2D eigenvalue weighted by molar-refractivity contribution is -0.141. The summed E-state index contributed by atoms with van der Waals surface area (Å²) in [5.41, 5.74) is 1.37. The summed E-state index contributed by atoms with van der Waals surface area (Å²) in [6.07, 6.45) is 14.2. The number of epoxide rings is 1. The van der Waals surface area contributed by atoms with Crippen LogP contribution in [0.2, 0.25) is 0 Å². The van der Waals surface area contributed by atoms with Crippen LogP contribution in [0.15, 0.2) is 0 Å². The maximum absolute atomic E-state index is 11.7. The molecule has 29 heavy (non-hydrogen) atoms. The summed E-state index contributed by atoms with van der Waals surface area (Å²) in [5.74, 6) is 5.09. The van der Waals surface area contributed by atoms with Crippen LogP contribution in [-0.4, -0.2) is 25.3 Å². The first-order chi connectivity index (χ1) is 13.8. The van der Waals surface area contributed by atoms with Crippen LogP contribution in [0.3, 0.4) is 0 Å². The predicted octanol–water partition coefficient (Wildman–Crippen LogP) is 6.00. The lowest BCUT2D eigenvalue weighted by Crippen LogP contribution is -2.54. The van der Waals surface area contributed by atoms with Crippen molar-refractivity contribution in [3.05, 3.63) is 0 Å². The summed E-state index contributed by atoms with van der Waals surface area (Å²) in [6, 6.07) is 0. The first-order valence-corrected chi connectivity index (χ1v) is 12.5. The molecular weight excluding hydrogens is 360 g/mol. The Labute approximate surface area is 177 Å². The summed E-state index contributed by atoms with van der Waals surface area (Å²) >= 11 is 0. The van der Waals surface area contributed by atoms with E-state index in [0.29, 0.717) is 28.8 Å². The lowest BCUT2D eigenvalue weighted by atomic mass is 9.44. The van der Waals surface area contributed by atoms with Crippen molar-refractivity contribution in [2.75, 3.05) is 13.7 Å². The maximum atomic E-state index is 11.7. The molecule has 0 unspecified atom stereocenters. The molecule has 4 aliphatic carbocycles. The van der Waals surface area contributed by atoms with Crippen LogP contribution in [0.5, 0.6) is 0 Å². The van der Waals surface area contributed by atoms with E-state index >= 15 is 0 Å². The van der Waals surface area contributed by atoms with E-state index < -0.39 is 0 Å². The number of carbonyl (C=O) groups excluding carboxylic acids is 1. The molecule has 1 spiro atoms. The fourth-order valence-corrected chi connectivity index (χ4v) is 9.30. The minimum absolute atomic E-state index is 0.0405. The van der Waals surface area contributed by atoms with Gasteiger partial charge >= 0.3 is 5.97 Å². The molecule has 0 aromatic rings. The van der Waals surface area contributed by atoms with E-state index in [1.54, 1.807) is 0 Å². The molecular formula is C26H42O3. The number of ether oxygens (including phenoxy) is 2. The molecule has 1 heterocycles. The first kappa shape index (κ1) is 20.3. The second-order valence-electron chi connectivity index (χ2n) is 12.2. The highest BCUT2D eigenvalue weighted by Gasteiger charge is 2.63. The third-order valence-electron chi connectivity index (χ3n) is 11.1. The lowest BCUT2D eigenvalue weighted by Gasteiger charge is -2.61. The zero-order valence-electron chi connectivity index (χ0n) is 19.2. The Morgan fingerprint density at radius 3 is 2.52 bits per heavy atom. The van der Waals surface area contributed by atoms with E-state index in [2.05, 4.69) is 20.8 Å². The van der Waals surface area contributed by atoms with Crippen LogP contribution >= 0.6 is 0 Å². The van der Waals surface area contributed by atoms with Crippen LogP contribution in [0, 0.1) is 46.3 Å². The van der Waals surface area contributed by atoms with Gasteiger partial charge in [-0.1, -0.05) is 20.8 Å². The van der Waals surface area contributed by atoms with Gasteiger partial charge in [0.25, 0.3) is 0 Å². The fourth-order valence-electron chi connectivity index (χ4n) is 9.30. The van der Waals surface area contributed by atoms with Gasteiger partial charge < -0.3 is 9.47 Å². The number of carbonyl (C=O) groups is 1.